The van der Waals surface area contributed by atoms with Gasteiger partial charge in [0.25, 0.3) is 0 Å². The van der Waals surface area contributed by atoms with Crippen LogP contribution in [0.3, 0.4) is 0 Å². The largest absolute Gasteiger partial charge is 0.372 e. The zero-order valence-corrected chi connectivity index (χ0v) is 17.8. The minimum atomic E-state index is 0. The van der Waals surface area contributed by atoms with E-state index in [-0.39, 0.29) is 19.8 Å². The predicted octanol–water partition coefficient (Wildman–Crippen LogP) is 4.31. The zero-order chi connectivity index (χ0) is 21.4. The minimum Gasteiger partial charge on any atom is -0.372 e. The Morgan fingerprint density at radius 2 is 2.00 bits per heavy atom. The van der Waals surface area contributed by atoms with Crippen molar-refractivity contribution in [3.63, 3.8) is 0 Å². The number of likely N-dealkylation sites (N-methyl/N-ethyl adjacent to an activating group) is 1. The number of allylic oxidation sites excluding steroid dienone is 2. The van der Waals surface area contributed by atoms with Crippen LogP contribution < -0.4 is 11.1 Å². The van der Waals surface area contributed by atoms with E-state index in [2.05, 4.69) is 45.9 Å². The van der Waals surface area contributed by atoms with Gasteiger partial charge in [0, 0.05) is 42.8 Å². The molecule has 3 N–H and O–H groups in total. The highest BCUT2D eigenvalue weighted by Crippen LogP contribution is 2.28. The number of rotatable bonds is 6. The number of carbonyl (C=O) groups is 1. The molecule has 1 unspecified atom stereocenters. The van der Waals surface area contributed by atoms with Gasteiger partial charge in [-0.1, -0.05) is 40.3 Å². The van der Waals surface area contributed by atoms with E-state index in [4.69, 9.17) is 4.79 Å². The maximum Gasteiger partial charge on any atom is 0.204 e. The molecule has 0 aromatic carbocycles. The SMILES string of the molecule is C.C/C=C\N=C(C1=NC=C(/C(=C/C)CNC)C1C)c1cccnc1.CC.NC=O. The molecule has 6 nitrogen and oxygen atoms in total. The Kier molecular flexibility index (Phi) is 16.9. The molecule has 29 heavy (non-hydrogen) atoms. The Hall–Kier alpha value is -2.86. The molecule has 2 heterocycles. The van der Waals surface area contributed by atoms with Gasteiger partial charge in [0.05, 0.1) is 11.4 Å². The fourth-order valence-electron chi connectivity index (χ4n) is 2.64. The lowest BCUT2D eigenvalue weighted by molar-refractivity contribution is -0.106. The maximum absolute atomic E-state index is 8.58. The van der Waals surface area contributed by atoms with Gasteiger partial charge in [0.15, 0.2) is 0 Å². The van der Waals surface area contributed by atoms with E-state index in [1.54, 1.807) is 12.4 Å². The van der Waals surface area contributed by atoms with Crippen molar-refractivity contribution in [2.75, 3.05) is 13.6 Å². The van der Waals surface area contributed by atoms with E-state index in [0.29, 0.717) is 0 Å². The van der Waals surface area contributed by atoms with E-state index in [9.17, 15) is 0 Å². The second-order valence-corrected chi connectivity index (χ2v) is 5.50. The first-order valence-electron chi connectivity index (χ1n) is 9.47. The van der Waals surface area contributed by atoms with Crippen LogP contribution in [0.25, 0.3) is 0 Å². The van der Waals surface area contributed by atoms with Crippen LogP contribution in [-0.2, 0) is 4.79 Å². The van der Waals surface area contributed by atoms with Crippen LogP contribution in [0.5, 0.6) is 0 Å². The number of nitrogens with two attached hydrogens (primary N) is 1. The van der Waals surface area contributed by atoms with Gasteiger partial charge in [-0.15, -0.1) is 0 Å². The third kappa shape index (κ3) is 8.79. The quantitative estimate of drug-likeness (QED) is 0.551. The van der Waals surface area contributed by atoms with E-state index in [1.165, 1.54) is 11.1 Å². The van der Waals surface area contributed by atoms with Crippen molar-refractivity contribution in [1.82, 2.24) is 10.3 Å². The topological polar surface area (TPSA) is 92.7 Å². The van der Waals surface area contributed by atoms with E-state index in [1.807, 2.05) is 58.4 Å². The van der Waals surface area contributed by atoms with E-state index >= 15 is 0 Å². The van der Waals surface area contributed by atoms with Gasteiger partial charge in [0.2, 0.25) is 6.41 Å². The van der Waals surface area contributed by atoms with Gasteiger partial charge in [-0.2, -0.15) is 0 Å². The Labute approximate surface area is 176 Å². The normalized spacial score (nSPS) is 15.9. The number of hydrogen-bond donors (Lipinski definition) is 2. The van der Waals surface area contributed by atoms with Crippen LogP contribution in [0.2, 0.25) is 0 Å². The molecule has 160 valence electrons. The summed E-state index contributed by atoms with van der Waals surface area (Å²) in [6.45, 7) is 11.0. The molecule has 1 aromatic rings. The van der Waals surface area contributed by atoms with Crippen molar-refractivity contribution in [3.8, 4) is 0 Å². The van der Waals surface area contributed by atoms with Gasteiger partial charge in [-0.25, -0.2) is 0 Å². The van der Waals surface area contributed by atoms with Crippen molar-refractivity contribution < 1.29 is 4.79 Å². The first-order chi connectivity index (χ1) is 13.6. The first-order valence-corrected chi connectivity index (χ1v) is 9.47. The van der Waals surface area contributed by atoms with Gasteiger partial charge in [-0.05, 0) is 44.2 Å². The maximum atomic E-state index is 8.58. The van der Waals surface area contributed by atoms with Crippen LogP contribution in [0.1, 0.15) is 47.6 Å². The predicted molar refractivity (Wildman–Crippen MR) is 126 cm³/mol. The van der Waals surface area contributed by atoms with Crippen LogP contribution in [-0.4, -0.2) is 36.4 Å². The van der Waals surface area contributed by atoms with Crippen molar-refractivity contribution in [1.29, 1.82) is 0 Å². The molecule has 0 spiro atoms. The molecular weight excluding hydrogens is 362 g/mol. The minimum absolute atomic E-state index is 0. The van der Waals surface area contributed by atoms with Gasteiger partial charge in [-0.3, -0.25) is 19.8 Å². The van der Waals surface area contributed by atoms with Gasteiger partial charge in [0.1, 0.15) is 0 Å². The second-order valence-electron chi connectivity index (χ2n) is 5.50. The molecule has 1 aromatic heterocycles. The standard InChI is InChI=1S/C19H24N4.C2H6.CH3NO.CH4/c1-5-9-22-19(16-8-7-10-21-12-16)18-14(3)17(13-23-18)15(6-2)11-20-4;1-2;2-1-3;/h5-10,12-14,20H,11H2,1-4H3;1-2H3;1H,(H2,2,3);1H4/b9-5-,15-6+,22-19?;;;. The fourth-order valence-corrected chi connectivity index (χ4v) is 2.64. The monoisotopic (exact) mass is 399 g/mol. The Balaban J connectivity index is 0. The summed E-state index contributed by atoms with van der Waals surface area (Å²) < 4.78 is 0. The lowest BCUT2D eigenvalue weighted by Crippen LogP contribution is -2.24. The van der Waals surface area contributed by atoms with Crippen molar-refractivity contribution >= 4 is 17.8 Å². The third-order valence-corrected chi connectivity index (χ3v) is 3.84. The molecular formula is C23H37N5O. The van der Waals surface area contributed by atoms with Crippen LogP contribution in [0, 0.1) is 5.92 Å². The Bertz CT molecular complexity index is 731. The number of nitrogens with one attached hydrogen (secondary N) is 1. The van der Waals surface area contributed by atoms with E-state index in [0.717, 1.165) is 23.5 Å². The number of amides is 1. The zero-order valence-electron chi connectivity index (χ0n) is 17.8. The number of primary amides is 1. The molecule has 0 fully saturated rings. The second kappa shape index (κ2) is 17.3. The molecule has 0 saturated heterocycles. The summed E-state index contributed by atoms with van der Waals surface area (Å²) in [6, 6.07) is 3.94. The molecule has 0 radical (unpaired) electrons. The lowest BCUT2D eigenvalue weighted by atomic mass is 9.88. The van der Waals surface area contributed by atoms with E-state index < -0.39 is 0 Å². The lowest BCUT2D eigenvalue weighted by Gasteiger charge is -2.16. The molecule has 2 rings (SSSR count). The summed E-state index contributed by atoms with van der Waals surface area (Å²) in [5.41, 5.74) is 9.54. The molecule has 0 aliphatic carbocycles. The van der Waals surface area contributed by atoms with Crippen LogP contribution in [0.4, 0.5) is 0 Å². The fraction of sp³-hybridized carbons (Fsp3) is 0.391. The third-order valence-electron chi connectivity index (χ3n) is 3.84. The highest BCUT2D eigenvalue weighted by atomic mass is 16.1. The van der Waals surface area contributed by atoms with Crippen LogP contribution in [0.15, 0.2) is 70.2 Å². The summed E-state index contributed by atoms with van der Waals surface area (Å²) in [5.74, 6) is 0.207. The summed E-state index contributed by atoms with van der Waals surface area (Å²) in [4.78, 5) is 22.1. The molecule has 0 bridgehead atoms. The number of carbonyl (C=O) groups excluding carboxylic acids is 1. The number of aliphatic imine (C=N–C) groups is 2. The molecule has 6 heteroatoms. The average molecular weight is 400 g/mol. The summed E-state index contributed by atoms with van der Waals surface area (Å²) in [7, 11) is 1.96. The average Bonchev–Trinajstić information content (AvgIpc) is 3.10. The van der Waals surface area contributed by atoms with Gasteiger partial charge < -0.3 is 11.1 Å². The summed E-state index contributed by atoms with van der Waals surface area (Å²) >= 11 is 0. The first kappa shape index (κ1) is 28.4. The number of nitrogens with zero attached hydrogens (tertiary/aromatic N) is 3. The Morgan fingerprint density at radius 1 is 1.34 bits per heavy atom. The van der Waals surface area contributed by atoms with Crippen molar-refractivity contribution in [2.45, 2.75) is 42.0 Å². The molecule has 0 saturated carbocycles. The molecule has 1 aliphatic rings. The highest BCUT2D eigenvalue weighted by Gasteiger charge is 2.27. The molecule has 1 atom stereocenters. The smallest absolute Gasteiger partial charge is 0.204 e. The van der Waals surface area contributed by atoms with Crippen molar-refractivity contribution in [3.05, 3.63) is 65.8 Å². The summed E-state index contributed by atoms with van der Waals surface area (Å²) in [5, 5.41) is 3.21. The number of aromatic nitrogens is 1. The Morgan fingerprint density at radius 3 is 2.48 bits per heavy atom. The summed E-state index contributed by atoms with van der Waals surface area (Å²) in [6.07, 6.45) is 11.7. The molecule has 1 aliphatic heterocycles. The molecule has 1 amide bonds. The van der Waals surface area contributed by atoms with Crippen LogP contribution >= 0.6 is 0 Å². The van der Waals surface area contributed by atoms with Crippen molar-refractivity contribution in [2.24, 2.45) is 21.6 Å². The number of pyridine rings is 1. The number of hydrogen-bond acceptors (Lipinski definition) is 5. The highest BCUT2D eigenvalue weighted by molar-refractivity contribution is 6.50. The van der Waals surface area contributed by atoms with Gasteiger partial charge >= 0.3 is 0 Å².